The third kappa shape index (κ3) is 4.70. The molecule has 17 heavy (non-hydrogen) atoms. The number of rotatable bonds is 5. The molecule has 1 rings (SSSR count). The Balaban J connectivity index is 2.51. The molecule has 2 N–H and O–H groups in total. The highest BCUT2D eigenvalue weighted by atomic mass is 19.4. The topological polar surface area (TPSA) is 42.2 Å². The second-order valence-corrected chi connectivity index (χ2v) is 4.03. The zero-order valence-electron chi connectivity index (χ0n) is 9.61. The van der Waals surface area contributed by atoms with Gasteiger partial charge in [0, 0.05) is 32.0 Å². The highest BCUT2D eigenvalue weighted by Crippen LogP contribution is 2.26. The molecule has 0 saturated heterocycles. The fourth-order valence-electron chi connectivity index (χ4n) is 1.55. The van der Waals surface area contributed by atoms with Crippen LogP contribution in [0, 0.1) is 5.92 Å². The largest absolute Gasteiger partial charge is 0.394 e. The summed E-state index contributed by atoms with van der Waals surface area (Å²) in [4.78, 5) is 5.46. The molecule has 0 aliphatic carbocycles. The molecule has 0 aromatic carbocycles. The van der Waals surface area contributed by atoms with Gasteiger partial charge in [-0.3, -0.25) is 4.98 Å². The molecule has 96 valence electrons. The Morgan fingerprint density at radius 3 is 2.41 bits per heavy atom. The van der Waals surface area contributed by atoms with Crippen LogP contribution < -0.4 is 5.73 Å². The highest BCUT2D eigenvalue weighted by molar-refractivity contribution is 5.09. The lowest BCUT2D eigenvalue weighted by atomic mass is 10.1. The van der Waals surface area contributed by atoms with Crippen LogP contribution in [0.3, 0.4) is 0 Å². The van der Waals surface area contributed by atoms with E-state index >= 15 is 0 Å². The van der Waals surface area contributed by atoms with Crippen LogP contribution in [0.25, 0.3) is 0 Å². The SMILES string of the molecule is CN(Cc1ccncc1)CC(CN)C(F)(F)F. The van der Waals surface area contributed by atoms with E-state index < -0.39 is 12.1 Å². The van der Waals surface area contributed by atoms with Gasteiger partial charge in [-0.25, -0.2) is 0 Å². The summed E-state index contributed by atoms with van der Waals surface area (Å²) in [5.41, 5.74) is 6.07. The third-order valence-electron chi connectivity index (χ3n) is 2.48. The average molecular weight is 247 g/mol. The minimum atomic E-state index is -4.23. The maximum absolute atomic E-state index is 12.5. The quantitative estimate of drug-likeness (QED) is 0.860. The van der Waals surface area contributed by atoms with E-state index in [1.807, 2.05) is 0 Å². The monoisotopic (exact) mass is 247 g/mol. The standard InChI is InChI=1S/C11H16F3N3/c1-17(7-9-2-4-16-5-3-9)8-10(6-15)11(12,13)14/h2-5,10H,6-8,15H2,1H3. The van der Waals surface area contributed by atoms with Crippen LogP contribution in [0.1, 0.15) is 5.56 Å². The lowest BCUT2D eigenvalue weighted by Crippen LogP contribution is -2.39. The number of halogens is 3. The van der Waals surface area contributed by atoms with Crippen LogP contribution in [0.5, 0.6) is 0 Å². The summed E-state index contributed by atoms with van der Waals surface area (Å²) in [5.74, 6) is -1.48. The van der Waals surface area contributed by atoms with Gasteiger partial charge in [0.1, 0.15) is 0 Å². The van der Waals surface area contributed by atoms with Gasteiger partial charge in [0.2, 0.25) is 0 Å². The molecule has 0 aliphatic heterocycles. The molecular formula is C11H16F3N3. The number of nitrogens with two attached hydrogens (primary N) is 1. The van der Waals surface area contributed by atoms with E-state index in [1.165, 1.54) is 0 Å². The molecular weight excluding hydrogens is 231 g/mol. The number of aromatic nitrogens is 1. The molecule has 0 radical (unpaired) electrons. The van der Waals surface area contributed by atoms with Gasteiger partial charge in [-0.1, -0.05) is 0 Å². The normalized spacial score (nSPS) is 14.0. The predicted molar refractivity (Wildman–Crippen MR) is 59.2 cm³/mol. The Hall–Kier alpha value is -1.14. The second-order valence-electron chi connectivity index (χ2n) is 4.03. The molecule has 1 aromatic heterocycles. The van der Waals surface area contributed by atoms with Crippen LogP contribution in [-0.4, -0.2) is 36.2 Å². The molecule has 0 amide bonds. The molecule has 1 unspecified atom stereocenters. The maximum Gasteiger partial charge on any atom is 0.394 e. The Morgan fingerprint density at radius 2 is 1.94 bits per heavy atom. The summed E-state index contributed by atoms with van der Waals surface area (Å²) in [6, 6.07) is 3.56. The zero-order chi connectivity index (χ0) is 12.9. The van der Waals surface area contributed by atoms with E-state index in [4.69, 9.17) is 5.73 Å². The molecule has 0 aliphatic rings. The Bertz CT molecular complexity index is 326. The van der Waals surface area contributed by atoms with Crippen molar-refractivity contribution in [3.63, 3.8) is 0 Å². The first-order valence-corrected chi connectivity index (χ1v) is 5.27. The van der Waals surface area contributed by atoms with Gasteiger partial charge in [-0.15, -0.1) is 0 Å². The molecule has 1 aromatic rings. The van der Waals surface area contributed by atoms with E-state index in [2.05, 4.69) is 4.98 Å². The van der Waals surface area contributed by atoms with Crippen LogP contribution in [0.4, 0.5) is 13.2 Å². The van der Waals surface area contributed by atoms with Gasteiger partial charge < -0.3 is 10.6 Å². The van der Waals surface area contributed by atoms with Gasteiger partial charge in [0.15, 0.2) is 0 Å². The maximum atomic E-state index is 12.5. The summed E-state index contributed by atoms with van der Waals surface area (Å²) in [5, 5.41) is 0. The van der Waals surface area contributed by atoms with Gasteiger partial charge in [0.05, 0.1) is 5.92 Å². The number of pyridine rings is 1. The molecule has 1 heterocycles. The Kier molecular flexibility index (Phi) is 4.89. The van der Waals surface area contributed by atoms with E-state index in [0.29, 0.717) is 6.54 Å². The molecule has 6 heteroatoms. The van der Waals surface area contributed by atoms with E-state index in [-0.39, 0.29) is 13.1 Å². The van der Waals surface area contributed by atoms with Crippen molar-refractivity contribution in [2.45, 2.75) is 12.7 Å². The number of hydrogen-bond acceptors (Lipinski definition) is 3. The fourth-order valence-corrected chi connectivity index (χ4v) is 1.55. The van der Waals surface area contributed by atoms with E-state index in [9.17, 15) is 13.2 Å². The third-order valence-corrected chi connectivity index (χ3v) is 2.48. The minimum absolute atomic E-state index is 0.0949. The fraction of sp³-hybridized carbons (Fsp3) is 0.545. The Labute approximate surface area is 98.4 Å². The first-order valence-electron chi connectivity index (χ1n) is 5.27. The van der Waals surface area contributed by atoms with Gasteiger partial charge in [-0.2, -0.15) is 13.2 Å². The van der Waals surface area contributed by atoms with Crippen molar-refractivity contribution >= 4 is 0 Å². The van der Waals surface area contributed by atoms with Gasteiger partial charge >= 0.3 is 6.18 Å². The van der Waals surface area contributed by atoms with Crippen molar-refractivity contribution in [1.29, 1.82) is 0 Å². The minimum Gasteiger partial charge on any atom is -0.330 e. The number of nitrogens with zero attached hydrogens (tertiary/aromatic N) is 2. The first-order chi connectivity index (χ1) is 7.93. The summed E-state index contributed by atoms with van der Waals surface area (Å²) >= 11 is 0. The van der Waals surface area contributed by atoms with Crippen LogP contribution in [-0.2, 0) is 6.54 Å². The lowest BCUT2D eigenvalue weighted by Gasteiger charge is -2.24. The van der Waals surface area contributed by atoms with Crippen LogP contribution in [0.15, 0.2) is 24.5 Å². The molecule has 0 bridgehead atoms. The summed E-state index contributed by atoms with van der Waals surface area (Å²) < 4.78 is 37.5. The van der Waals surface area contributed by atoms with Crippen molar-refractivity contribution in [3.05, 3.63) is 30.1 Å². The van der Waals surface area contributed by atoms with Crippen molar-refractivity contribution in [3.8, 4) is 0 Å². The summed E-state index contributed by atoms with van der Waals surface area (Å²) in [7, 11) is 1.65. The van der Waals surface area contributed by atoms with Gasteiger partial charge in [-0.05, 0) is 24.7 Å². The molecule has 0 spiro atoms. The van der Waals surface area contributed by atoms with Crippen molar-refractivity contribution < 1.29 is 13.2 Å². The van der Waals surface area contributed by atoms with Crippen molar-refractivity contribution in [1.82, 2.24) is 9.88 Å². The lowest BCUT2D eigenvalue weighted by molar-refractivity contribution is -0.175. The average Bonchev–Trinajstić information content (AvgIpc) is 2.25. The Morgan fingerprint density at radius 1 is 1.35 bits per heavy atom. The van der Waals surface area contributed by atoms with Crippen molar-refractivity contribution in [2.24, 2.45) is 11.7 Å². The smallest absolute Gasteiger partial charge is 0.330 e. The zero-order valence-corrected chi connectivity index (χ0v) is 9.61. The number of alkyl halides is 3. The van der Waals surface area contributed by atoms with Crippen LogP contribution >= 0.6 is 0 Å². The summed E-state index contributed by atoms with van der Waals surface area (Å²) in [6.07, 6.45) is -0.998. The molecule has 1 atom stereocenters. The number of hydrogen-bond donors (Lipinski definition) is 1. The predicted octanol–water partition coefficient (Wildman–Crippen LogP) is 1.65. The molecule has 0 saturated carbocycles. The highest BCUT2D eigenvalue weighted by Gasteiger charge is 2.38. The molecule has 3 nitrogen and oxygen atoms in total. The first kappa shape index (κ1) is 13.9. The van der Waals surface area contributed by atoms with E-state index in [0.717, 1.165) is 5.56 Å². The second kappa shape index (κ2) is 5.97. The molecule has 0 fully saturated rings. The van der Waals surface area contributed by atoms with Crippen molar-refractivity contribution in [2.75, 3.05) is 20.1 Å². The van der Waals surface area contributed by atoms with Crippen LogP contribution in [0.2, 0.25) is 0 Å². The van der Waals surface area contributed by atoms with E-state index in [1.54, 1.807) is 36.5 Å². The van der Waals surface area contributed by atoms with Gasteiger partial charge in [0.25, 0.3) is 0 Å². The summed E-state index contributed by atoms with van der Waals surface area (Å²) in [6.45, 7) is -0.0262.